The van der Waals surface area contributed by atoms with Gasteiger partial charge in [0, 0.05) is 39.9 Å². The molecule has 0 spiro atoms. The van der Waals surface area contributed by atoms with Gasteiger partial charge < -0.3 is 15.4 Å². The fourth-order valence-corrected chi connectivity index (χ4v) is 4.05. The molecule has 2 N–H and O–H groups in total. The fourth-order valence-electron chi connectivity index (χ4n) is 3.88. The SMILES string of the molecule is COc1cccc(C(=O)N[C@H]2CC[C@@H](Nc3ccnc4cc(Cl)ccc34)CC2)c1. The normalized spacial score (nSPS) is 19.0. The van der Waals surface area contributed by atoms with Gasteiger partial charge in [-0.15, -0.1) is 0 Å². The first-order valence-corrected chi connectivity index (χ1v) is 10.3. The van der Waals surface area contributed by atoms with E-state index in [4.69, 9.17) is 16.3 Å². The molecule has 1 amide bonds. The Balaban J connectivity index is 1.34. The average Bonchev–Trinajstić information content (AvgIpc) is 2.75. The number of nitrogens with zero attached hydrogens (tertiary/aromatic N) is 1. The number of halogens is 1. The molecular formula is C23H24ClN3O2. The Hall–Kier alpha value is -2.79. The molecule has 6 heteroatoms. The van der Waals surface area contributed by atoms with E-state index in [1.54, 1.807) is 19.4 Å². The Morgan fingerprint density at radius 2 is 1.86 bits per heavy atom. The highest BCUT2D eigenvalue weighted by Gasteiger charge is 2.23. The lowest BCUT2D eigenvalue weighted by molar-refractivity contribution is 0.0926. The number of anilines is 1. The molecule has 0 saturated heterocycles. The first-order valence-electron chi connectivity index (χ1n) is 9.88. The van der Waals surface area contributed by atoms with Crippen molar-refractivity contribution in [2.45, 2.75) is 37.8 Å². The molecule has 0 radical (unpaired) electrons. The second-order valence-corrected chi connectivity index (χ2v) is 7.85. The van der Waals surface area contributed by atoms with Gasteiger partial charge >= 0.3 is 0 Å². The number of benzene rings is 2. The van der Waals surface area contributed by atoms with Gasteiger partial charge in [-0.25, -0.2) is 0 Å². The summed E-state index contributed by atoms with van der Waals surface area (Å²) < 4.78 is 5.20. The zero-order chi connectivity index (χ0) is 20.2. The van der Waals surface area contributed by atoms with Gasteiger partial charge in [0.25, 0.3) is 5.91 Å². The maximum atomic E-state index is 12.5. The van der Waals surface area contributed by atoms with Crippen LogP contribution in [0.3, 0.4) is 0 Å². The second-order valence-electron chi connectivity index (χ2n) is 7.42. The number of ether oxygens (including phenoxy) is 1. The lowest BCUT2D eigenvalue weighted by Gasteiger charge is -2.30. The van der Waals surface area contributed by atoms with Crippen LogP contribution in [0.4, 0.5) is 5.69 Å². The molecule has 1 saturated carbocycles. The summed E-state index contributed by atoms with van der Waals surface area (Å²) in [6.07, 6.45) is 5.70. The molecule has 1 fully saturated rings. The van der Waals surface area contributed by atoms with Crippen LogP contribution in [-0.2, 0) is 0 Å². The molecule has 4 rings (SSSR count). The van der Waals surface area contributed by atoms with Crippen molar-refractivity contribution in [1.29, 1.82) is 0 Å². The van der Waals surface area contributed by atoms with Crippen LogP contribution in [0.25, 0.3) is 10.9 Å². The predicted molar refractivity (Wildman–Crippen MR) is 117 cm³/mol. The molecule has 1 heterocycles. The van der Waals surface area contributed by atoms with Gasteiger partial charge in [-0.3, -0.25) is 9.78 Å². The molecule has 1 aliphatic rings. The van der Waals surface area contributed by atoms with Crippen LogP contribution in [0.1, 0.15) is 36.0 Å². The highest BCUT2D eigenvalue weighted by Crippen LogP contribution is 2.28. The Kier molecular flexibility index (Phi) is 5.86. The summed E-state index contributed by atoms with van der Waals surface area (Å²) in [4.78, 5) is 16.9. The second kappa shape index (κ2) is 8.70. The van der Waals surface area contributed by atoms with E-state index in [0.717, 1.165) is 42.3 Å². The molecule has 1 aliphatic carbocycles. The zero-order valence-corrected chi connectivity index (χ0v) is 17.1. The molecular weight excluding hydrogens is 386 g/mol. The van der Waals surface area contributed by atoms with Crippen molar-refractivity contribution >= 4 is 34.1 Å². The van der Waals surface area contributed by atoms with Crippen LogP contribution in [0, 0.1) is 0 Å². The molecule has 150 valence electrons. The van der Waals surface area contributed by atoms with Crippen LogP contribution in [0.5, 0.6) is 5.75 Å². The summed E-state index contributed by atoms with van der Waals surface area (Å²) in [6, 6.07) is 15.6. The number of carbonyl (C=O) groups excluding carboxylic acids is 1. The zero-order valence-electron chi connectivity index (χ0n) is 16.3. The van der Waals surface area contributed by atoms with Crippen molar-refractivity contribution in [1.82, 2.24) is 10.3 Å². The number of pyridine rings is 1. The molecule has 0 bridgehead atoms. The topological polar surface area (TPSA) is 63.2 Å². The van der Waals surface area contributed by atoms with E-state index in [1.807, 2.05) is 42.5 Å². The summed E-state index contributed by atoms with van der Waals surface area (Å²) in [5.74, 6) is 0.647. The van der Waals surface area contributed by atoms with E-state index < -0.39 is 0 Å². The standard InChI is InChI=1S/C23H24ClN3O2/c1-29-19-4-2-3-15(13-19)23(28)27-18-8-6-17(7-9-18)26-21-11-12-25-22-14-16(24)5-10-20(21)22/h2-5,10-14,17-18H,6-9H2,1H3,(H,25,26)(H,27,28)/t17-,18+. The number of rotatable bonds is 5. The first-order chi connectivity index (χ1) is 14.1. The van der Waals surface area contributed by atoms with E-state index >= 15 is 0 Å². The Morgan fingerprint density at radius 3 is 2.66 bits per heavy atom. The van der Waals surface area contributed by atoms with E-state index in [9.17, 15) is 4.79 Å². The van der Waals surface area contributed by atoms with Crippen molar-refractivity contribution in [3.63, 3.8) is 0 Å². The Bertz CT molecular complexity index is 1020. The lowest BCUT2D eigenvalue weighted by Crippen LogP contribution is -2.40. The molecule has 0 aliphatic heterocycles. The third-order valence-corrected chi connectivity index (χ3v) is 5.69. The fraction of sp³-hybridized carbons (Fsp3) is 0.304. The van der Waals surface area contributed by atoms with Crippen LogP contribution >= 0.6 is 11.6 Å². The van der Waals surface area contributed by atoms with Gasteiger partial charge in [0.2, 0.25) is 0 Å². The van der Waals surface area contributed by atoms with Crippen LogP contribution < -0.4 is 15.4 Å². The maximum absolute atomic E-state index is 12.5. The van der Waals surface area contributed by atoms with Crippen LogP contribution in [0.15, 0.2) is 54.7 Å². The van der Waals surface area contributed by atoms with E-state index in [0.29, 0.717) is 22.4 Å². The molecule has 3 aromatic rings. The van der Waals surface area contributed by atoms with Crippen LogP contribution in [0.2, 0.25) is 5.02 Å². The minimum atomic E-state index is -0.0442. The maximum Gasteiger partial charge on any atom is 0.251 e. The van der Waals surface area contributed by atoms with Gasteiger partial charge in [-0.2, -0.15) is 0 Å². The van der Waals surface area contributed by atoms with Crippen molar-refractivity contribution in [3.8, 4) is 5.75 Å². The van der Waals surface area contributed by atoms with Gasteiger partial charge in [-0.05, 0) is 68.1 Å². The number of hydrogen-bond acceptors (Lipinski definition) is 4. The predicted octanol–water partition coefficient (Wildman–Crippen LogP) is 5.05. The highest BCUT2D eigenvalue weighted by atomic mass is 35.5. The smallest absolute Gasteiger partial charge is 0.251 e. The minimum Gasteiger partial charge on any atom is -0.497 e. The number of carbonyl (C=O) groups is 1. The monoisotopic (exact) mass is 409 g/mol. The average molecular weight is 410 g/mol. The van der Waals surface area contributed by atoms with Crippen molar-refractivity contribution in [3.05, 3.63) is 65.3 Å². The number of fused-ring (bicyclic) bond motifs is 1. The van der Waals surface area contributed by atoms with Gasteiger partial charge in [-0.1, -0.05) is 17.7 Å². The molecule has 29 heavy (non-hydrogen) atoms. The van der Waals surface area contributed by atoms with Crippen molar-refractivity contribution < 1.29 is 9.53 Å². The quantitative estimate of drug-likeness (QED) is 0.619. The van der Waals surface area contributed by atoms with E-state index in [2.05, 4.69) is 15.6 Å². The third-order valence-electron chi connectivity index (χ3n) is 5.46. The minimum absolute atomic E-state index is 0.0442. The summed E-state index contributed by atoms with van der Waals surface area (Å²) in [5.41, 5.74) is 2.60. The molecule has 0 atom stereocenters. The van der Waals surface area contributed by atoms with Crippen LogP contribution in [-0.4, -0.2) is 30.1 Å². The number of amides is 1. The van der Waals surface area contributed by atoms with Crippen molar-refractivity contribution in [2.75, 3.05) is 12.4 Å². The first kappa shape index (κ1) is 19.5. The summed E-state index contributed by atoms with van der Waals surface area (Å²) in [5, 5.41) is 8.58. The molecule has 0 unspecified atom stereocenters. The van der Waals surface area contributed by atoms with E-state index in [-0.39, 0.29) is 11.9 Å². The molecule has 1 aromatic heterocycles. The third kappa shape index (κ3) is 4.62. The highest BCUT2D eigenvalue weighted by molar-refractivity contribution is 6.31. The summed E-state index contributed by atoms with van der Waals surface area (Å²) >= 11 is 6.08. The van der Waals surface area contributed by atoms with Crippen molar-refractivity contribution in [2.24, 2.45) is 0 Å². The van der Waals surface area contributed by atoms with Gasteiger partial charge in [0.05, 0.1) is 12.6 Å². The van der Waals surface area contributed by atoms with Gasteiger partial charge in [0.1, 0.15) is 5.75 Å². The largest absolute Gasteiger partial charge is 0.497 e. The number of nitrogens with one attached hydrogen (secondary N) is 2. The lowest BCUT2D eigenvalue weighted by atomic mass is 9.90. The van der Waals surface area contributed by atoms with Gasteiger partial charge in [0.15, 0.2) is 0 Å². The molecule has 2 aromatic carbocycles. The Labute approximate surface area is 175 Å². The Morgan fingerprint density at radius 1 is 1.07 bits per heavy atom. The summed E-state index contributed by atoms with van der Waals surface area (Å²) in [6.45, 7) is 0. The number of methoxy groups -OCH3 is 1. The molecule has 5 nitrogen and oxygen atoms in total. The van der Waals surface area contributed by atoms with E-state index in [1.165, 1.54) is 0 Å². The summed E-state index contributed by atoms with van der Waals surface area (Å²) in [7, 11) is 1.60. The number of aromatic nitrogens is 1. The number of hydrogen-bond donors (Lipinski definition) is 2.